The molecule has 0 aromatic heterocycles. The molecule has 0 aromatic rings. The van der Waals surface area contributed by atoms with Crippen LogP contribution in [0.3, 0.4) is 0 Å². The van der Waals surface area contributed by atoms with Gasteiger partial charge in [-0.25, -0.2) is 0 Å². The third-order valence-electron chi connectivity index (χ3n) is 4.33. The second-order valence-corrected chi connectivity index (χ2v) is 5.40. The highest BCUT2D eigenvalue weighted by Gasteiger charge is 2.30. The Kier molecular flexibility index (Phi) is 4.62. The molecule has 2 rings (SSSR count). The minimum atomic E-state index is 0.755. The fourth-order valence-corrected chi connectivity index (χ4v) is 3.18. The second-order valence-electron chi connectivity index (χ2n) is 5.40. The maximum absolute atomic E-state index is 5.44. The van der Waals surface area contributed by atoms with Gasteiger partial charge in [-0.05, 0) is 58.2 Å². The van der Waals surface area contributed by atoms with Crippen molar-refractivity contribution in [2.24, 2.45) is 11.8 Å². The molecule has 3 heteroatoms. The summed E-state index contributed by atoms with van der Waals surface area (Å²) < 4.78 is 5.44. The lowest BCUT2D eigenvalue weighted by atomic mass is 9.92. The fraction of sp³-hybridized carbons (Fsp3) is 1.00. The molecule has 2 atom stereocenters. The molecule has 3 nitrogen and oxygen atoms in total. The molecule has 1 N–H and O–H groups in total. The van der Waals surface area contributed by atoms with E-state index >= 15 is 0 Å². The molecule has 2 unspecified atom stereocenters. The van der Waals surface area contributed by atoms with Crippen LogP contribution in [0.15, 0.2) is 0 Å². The van der Waals surface area contributed by atoms with E-state index in [-0.39, 0.29) is 0 Å². The molecule has 2 aliphatic rings. The Labute approximate surface area is 99.5 Å². The minimum Gasteiger partial charge on any atom is -0.381 e. The van der Waals surface area contributed by atoms with Crippen molar-refractivity contribution >= 4 is 0 Å². The van der Waals surface area contributed by atoms with Crippen molar-refractivity contribution in [1.82, 2.24) is 10.2 Å². The largest absolute Gasteiger partial charge is 0.381 e. The van der Waals surface area contributed by atoms with E-state index in [1.165, 1.54) is 38.9 Å². The summed E-state index contributed by atoms with van der Waals surface area (Å²) in [5.41, 5.74) is 0. The van der Waals surface area contributed by atoms with E-state index in [0.29, 0.717) is 0 Å². The summed E-state index contributed by atoms with van der Waals surface area (Å²) in [6, 6.07) is 0.755. The average Bonchev–Trinajstić information content (AvgIpc) is 2.78. The van der Waals surface area contributed by atoms with Crippen LogP contribution in [0.1, 0.15) is 26.2 Å². The summed E-state index contributed by atoms with van der Waals surface area (Å²) >= 11 is 0. The van der Waals surface area contributed by atoms with Gasteiger partial charge < -0.3 is 15.0 Å². The highest BCUT2D eigenvalue weighted by atomic mass is 16.5. The maximum Gasteiger partial charge on any atom is 0.0469 e. The van der Waals surface area contributed by atoms with E-state index in [1.807, 2.05) is 0 Å². The number of ether oxygens (including phenoxy) is 1. The molecule has 94 valence electrons. The predicted octanol–water partition coefficient (Wildman–Crippen LogP) is 1.34. The Bertz CT molecular complexity index is 204. The molecule has 2 heterocycles. The number of hydrogen-bond acceptors (Lipinski definition) is 3. The molecule has 0 radical (unpaired) electrons. The lowest BCUT2D eigenvalue weighted by Gasteiger charge is -2.34. The van der Waals surface area contributed by atoms with Crippen molar-refractivity contribution in [3.8, 4) is 0 Å². The third kappa shape index (κ3) is 2.96. The molecule has 0 saturated carbocycles. The van der Waals surface area contributed by atoms with Crippen molar-refractivity contribution in [2.75, 3.05) is 39.9 Å². The van der Waals surface area contributed by atoms with Crippen LogP contribution in [0.4, 0.5) is 0 Å². The molecule has 0 aliphatic carbocycles. The van der Waals surface area contributed by atoms with Gasteiger partial charge in [0, 0.05) is 25.8 Å². The van der Waals surface area contributed by atoms with Crippen LogP contribution in [0.25, 0.3) is 0 Å². The van der Waals surface area contributed by atoms with Gasteiger partial charge in [-0.1, -0.05) is 0 Å². The lowest BCUT2D eigenvalue weighted by Crippen LogP contribution is -2.39. The predicted molar refractivity (Wildman–Crippen MR) is 66.6 cm³/mol. The van der Waals surface area contributed by atoms with Crippen LogP contribution in [0, 0.1) is 11.8 Å². The van der Waals surface area contributed by atoms with Crippen molar-refractivity contribution in [3.05, 3.63) is 0 Å². The van der Waals surface area contributed by atoms with E-state index in [9.17, 15) is 0 Å². The molecule has 2 fully saturated rings. The molecule has 0 aromatic carbocycles. The fourth-order valence-electron chi connectivity index (χ4n) is 3.18. The molecule has 16 heavy (non-hydrogen) atoms. The second kappa shape index (κ2) is 5.99. The lowest BCUT2D eigenvalue weighted by molar-refractivity contribution is 0.0348. The normalized spacial score (nSPS) is 30.8. The Balaban J connectivity index is 1.78. The number of nitrogens with one attached hydrogen (secondary N) is 1. The molecular weight excluding hydrogens is 200 g/mol. The Morgan fingerprint density at radius 1 is 1.31 bits per heavy atom. The standard InChI is InChI=1S/C13H26N2O/c1-11(13-4-7-16-8-5-13)15-6-3-12(10-15)9-14-2/h11-14H,3-10H2,1-2H3. The van der Waals surface area contributed by atoms with Gasteiger partial charge in [0.2, 0.25) is 0 Å². The Hall–Kier alpha value is -0.120. The first-order valence-corrected chi connectivity index (χ1v) is 6.77. The first-order chi connectivity index (χ1) is 7.81. The highest BCUT2D eigenvalue weighted by Crippen LogP contribution is 2.27. The van der Waals surface area contributed by atoms with Crippen LogP contribution < -0.4 is 5.32 Å². The molecular formula is C13H26N2O. The van der Waals surface area contributed by atoms with Crippen molar-refractivity contribution < 1.29 is 4.74 Å². The number of rotatable bonds is 4. The van der Waals surface area contributed by atoms with Crippen LogP contribution >= 0.6 is 0 Å². The topological polar surface area (TPSA) is 24.5 Å². The van der Waals surface area contributed by atoms with Crippen LogP contribution in [0.2, 0.25) is 0 Å². The SMILES string of the molecule is CNCC1CCN(C(C)C2CCOCC2)C1. The van der Waals surface area contributed by atoms with Gasteiger partial charge in [-0.3, -0.25) is 0 Å². The van der Waals surface area contributed by atoms with E-state index in [4.69, 9.17) is 4.74 Å². The van der Waals surface area contributed by atoms with Gasteiger partial charge in [0.05, 0.1) is 0 Å². The summed E-state index contributed by atoms with van der Waals surface area (Å²) in [5, 5.41) is 3.30. The van der Waals surface area contributed by atoms with Gasteiger partial charge in [-0.2, -0.15) is 0 Å². The number of likely N-dealkylation sites (tertiary alicyclic amines) is 1. The molecule has 0 bridgehead atoms. The number of hydrogen-bond donors (Lipinski definition) is 1. The molecule has 0 amide bonds. The first-order valence-electron chi connectivity index (χ1n) is 6.77. The van der Waals surface area contributed by atoms with Crippen LogP contribution in [-0.2, 0) is 4.74 Å². The summed E-state index contributed by atoms with van der Waals surface area (Å²) in [5.74, 6) is 1.73. The van der Waals surface area contributed by atoms with Gasteiger partial charge in [-0.15, -0.1) is 0 Å². The smallest absolute Gasteiger partial charge is 0.0469 e. The van der Waals surface area contributed by atoms with Crippen molar-refractivity contribution in [3.63, 3.8) is 0 Å². The third-order valence-corrected chi connectivity index (χ3v) is 4.33. The molecule has 2 aliphatic heterocycles. The van der Waals surface area contributed by atoms with Crippen LogP contribution in [-0.4, -0.2) is 50.8 Å². The van der Waals surface area contributed by atoms with E-state index in [0.717, 1.165) is 31.1 Å². The Morgan fingerprint density at radius 3 is 2.75 bits per heavy atom. The van der Waals surface area contributed by atoms with Gasteiger partial charge in [0.15, 0.2) is 0 Å². The van der Waals surface area contributed by atoms with E-state index in [2.05, 4.69) is 24.2 Å². The van der Waals surface area contributed by atoms with E-state index in [1.54, 1.807) is 0 Å². The molecule has 0 spiro atoms. The summed E-state index contributed by atoms with van der Waals surface area (Å²) in [6.45, 7) is 8.13. The minimum absolute atomic E-state index is 0.755. The van der Waals surface area contributed by atoms with Gasteiger partial charge in [0.25, 0.3) is 0 Å². The zero-order chi connectivity index (χ0) is 11.4. The number of nitrogens with zero attached hydrogens (tertiary/aromatic N) is 1. The summed E-state index contributed by atoms with van der Waals surface area (Å²) in [6.07, 6.45) is 3.89. The quantitative estimate of drug-likeness (QED) is 0.783. The molecule has 2 saturated heterocycles. The zero-order valence-electron chi connectivity index (χ0n) is 10.7. The monoisotopic (exact) mass is 226 g/mol. The summed E-state index contributed by atoms with van der Waals surface area (Å²) in [7, 11) is 2.06. The van der Waals surface area contributed by atoms with Crippen LogP contribution in [0.5, 0.6) is 0 Å². The highest BCUT2D eigenvalue weighted by molar-refractivity contribution is 4.84. The van der Waals surface area contributed by atoms with Gasteiger partial charge in [0.1, 0.15) is 0 Å². The zero-order valence-corrected chi connectivity index (χ0v) is 10.7. The maximum atomic E-state index is 5.44. The van der Waals surface area contributed by atoms with Crippen molar-refractivity contribution in [2.45, 2.75) is 32.2 Å². The first kappa shape index (κ1) is 12.3. The van der Waals surface area contributed by atoms with E-state index < -0.39 is 0 Å². The Morgan fingerprint density at radius 2 is 2.06 bits per heavy atom. The summed E-state index contributed by atoms with van der Waals surface area (Å²) in [4.78, 5) is 2.69. The van der Waals surface area contributed by atoms with Crippen molar-refractivity contribution in [1.29, 1.82) is 0 Å². The van der Waals surface area contributed by atoms with Gasteiger partial charge >= 0.3 is 0 Å². The average molecular weight is 226 g/mol.